The number of hydrogen-bond acceptors (Lipinski definition) is 3. The third kappa shape index (κ3) is 3.95. The summed E-state index contributed by atoms with van der Waals surface area (Å²) in [7, 11) is 0. The molecule has 126 valence electrons. The maximum Gasteiger partial charge on any atom is 0.241 e. The predicted molar refractivity (Wildman–Crippen MR) is 99.5 cm³/mol. The van der Waals surface area contributed by atoms with E-state index in [1.807, 2.05) is 44.2 Å². The highest BCUT2D eigenvalue weighted by Crippen LogP contribution is 2.17. The lowest BCUT2D eigenvalue weighted by atomic mass is 10.2. The van der Waals surface area contributed by atoms with Crippen LogP contribution in [0.15, 0.2) is 54.6 Å². The first-order valence-corrected chi connectivity index (χ1v) is 8.55. The molecule has 0 aliphatic carbocycles. The van der Waals surface area contributed by atoms with E-state index in [1.165, 1.54) is 11.3 Å². The summed E-state index contributed by atoms with van der Waals surface area (Å²) in [5, 5.41) is 3.01. The monoisotopic (exact) mass is 323 g/mol. The Morgan fingerprint density at radius 1 is 0.958 bits per heavy atom. The molecule has 1 N–H and O–H groups in total. The Bertz CT molecular complexity index is 661. The Balaban J connectivity index is 1.53. The standard InChI is InChI=1S/C20H25N3O/c1-16-8-10-18(11-9-16)21-20(24)17(2)22-12-14-23(15-13-22)19-6-4-3-5-7-19/h3-11,17H,12-15H2,1-2H3,(H,21,24). The van der Waals surface area contributed by atoms with Gasteiger partial charge in [-0.1, -0.05) is 35.9 Å². The van der Waals surface area contributed by atoms with E-state index >= 15 is 0 Å². The summed E-state index contributed by atoms with van der Waals surface area (Å²) < 4.78 is 0. The zero-order valence-corrected chi connectivity index (χ0v) is 14.4. The molecule has 0 spiro atoms. The van der Waals surface area contributed by atoms with Gasteiger partial charge in [0.15, 0.2) is 0 Å². The Hall–Kier alpha value is -2.33. The van der Waals surface area contributed by atoms with Gasteiger partial charge in [0, 0.05) is 37.6 Å². The smallest absolute Gasteiger partial charge is 0.241 e. The minimum absolute atomic E-state index is 0.0621. The number of carbonyl (C=O) groups is 1. The maximum atomic E-state index is 12.5. The van der Waals surface area contributed by atoms with Crippen molar-refractivity contribution in [1.82, 2.24) is 4.90 Å². The van der Waals surface area contributed by atoms with Gasteiger partial charge in [0.05, 0.1) is 6.04 Å². The lowest BCUT2D eigenvalue weighted by Crippen LogP contribution is -2.52. The van der Waals surface area contributed by atoms with Crippen molar-refractivity contribution >= 4 is 17.3 Å². The zero-order chi connectivity index (χ0) is 16.9. The van der Waals surface area contributed by atoms with E-state index in [4.69, 9.17) is 0 Å². The van der Waals surface area contributed by atoms with Crippen LogP contribution in [0.5, 0.6) is 0 Å². The van der Waals surface area contributed by atoms with Gasteiger partial charge in [0.2, 0.25) is 5.91 Å². The molecule has 4 heteroatoms. The summed E-state index contributed by atoms with van der Waals surface area (Å²) in [5.74, 6) is 0.0621. The molecule has 0 radical (unpaired) electrons. The number of piperazine rings is 1. The number of hydrogen-bond donors (Lipinski definition) is 1. The molecule has 1 heterocycles. The first-order chi connectivity index (χ1) is 11.6. The van der Waals surface area contributed by atoms with E-state index in [0.29, 0.717) is 0 Å². The number of para-hydroxylation sites is 1. The summed E-state index contributed by atoms with van der Waals surface area (Å²) in [5.41, 5.74) is 3.31. The van der Waals surface area contributed by atoms with Crippen LogP contribution < -0.4 is 10.2 Å². The van der Waals surface area contributed by atoms with Gasteiger partial charge < -0.3 is 10.2 Å². The molecule has 0 bridgehead atoms. The van der Waals surface area contributed by atoms with E-state index in [1.54, 1.807) is 0 Å². The van der Waals surface area contributed by atoms with Crippen LogP contribution in [-0.4, -0.2) is 43.0 Å². The average Bonchev–Trinajstić information content (AvgIpc) is 2.64. The molecular formula is C20H25N3O. The van der Waals surface area contributed by atoms with Gasteiger partial charge in [-0.3, -0.25) is 9.69 Å². The molecule has 1 fully saturated rings. The second kappa shape index (κ2) is 7.49. The summed E-state index contributed by atoms with van der Waals surface area (Å²) in [6.45, 7) is 7.73. The number of rotatable bonds is 4. The van der Waals surface area contributed by atoms with Gasteiger partial charge in [-0.05, 0) is 38.1 Å². The van der Waals surface area contributed by atoms with E-state index in [2.05, 4.69) is 39.4 Å². The van der Waals surface area contributed by atoms with Crippen LogP contribution in [0.3, 0.4) is 0 Å². The molecule has 4 nitrogen and oxygen atoms in total. The van der Waals surface area contributed by atoms with Crippen LogP contribution in [0.2, 0.25) is 0 Å². The molecule has 0 saturated carbocycles. The lowest BCUT2D eigenvalue weighted by Gasteiger charge is -2.38. The van der Waals surface area contributed by atoms with Gasteiger partial charge in [0.25, 0.3) is 0 Å². The first-order valence-electron chi connectivity index (χ1n) is 8.55. The molecule has 2 aromatic rings. The van der Waals surface area contributed by atoms with Crippen LogP contribution in [-0.2, 0) is 4.79 Å². The highest BCUT2D eigenvalue weighted by Gasteiger charge is 2.25. The zero-order valence-electron chi connectivity index (χ0n) is 14.4. The van der Waals surface area contributed by atoms with E-state index in [9.17, 15) is 4.79 Å². The number of carbonyl (C=O) groups excluding carboxylic acids is 1. The Kier molecular flexibility index (Phi) is 5.16. The van der Waals surface area contributed by atoms with E-state index in [-0.39, 0.29) is 11.9 Å². The predicted octanol–water partition coefficient (Wildman–Crippen LogP) is 3.14. The summed E-state index contributed by atoms with van der Waals surface area (Å²) >= 11 is 0. The number of nitrogens with zero attached hydrogens (tertiary/aromatic N) is 2. The molecule has 1 aliphatic heterocycles. The summed E-state index contributed by atoms with van der Waals surface area (Å²) in [4.78, 5) is 17.1. The van der Waals surface area contributed by atoms with Crippen molar-refractivity contribution in [1.29, 1.82) is 0 Å². The van der Waals surface area contributed by atoms with Crippen molar-refractivity contribution in [2.24, 2.45) is 0 Å². The molecule has 2 aromatic carbocycles. The second-order valence-electron chi connectivity index (χ2n) is 6.39. The average molecular weight is 323 g/mol. The fraction of sp³-hybridized carbons (Fsp3) is 0.350. The topological polar surface area (TPSA) is 35.6 Å². The fourth-order valence-corrected chi connectivity index (χ4v) is 3.06. The number of anilines is 2. The fourth-order valence-electron chi connectivity index (χ4n) is 3.06. The highest BCUT2D eigenvalue weighted by molar-refractivity contribution is 5.94. The van der Waals surface area contributed by atoms with Gasteiger partial charge in [-0.15, -0.1) is 0 Å². The minimum atomic E-state index is -0.121. The quantitative estimate of drug-likeness (QED) is 0.939. The van der Waals surface area contributed by atoms with Gasteiger partial charge in [-0.2, -0.15) is 0 Å². The molecule has 1 amide bonds. The third-order valence-electron chi connectivity index (χ3n) is 4.68. The molecule has 1 atom stereocenters. The lowest BCUT2D eigenvalue weighted by molar-refractivity contribution is -0.120. The second-order valence-corrected chi connectivity index (χ2v) is 6.39. The van der Waals surface area contributed by atoms with Crippen molar-refractivity contribution in [2.45, 2.75) is 19.9 Å². The minimum Gasteiger partial charge on any atom is -0.369 e. The molecular weight excluding hydrogens is 298 g/mol. The first kappa shape index (κ1) is 16.5. The van der Waals surface area contributed by atoms with Crippen molar-refractivity contribution in [3.8, 4) is 0 Å². The SMILES string of the molecule is Cc1ccc(NC(=O)C(C)N2CCN(c3ccccc3)CC2)cc1. The Morgan fingerprint density at radius 3 is 2.21 bits per heavy atom. The maximum absolute atomic E-state index is 12.5. The van der Waals surface area contributed by atoms with E-state index in [0.717, 1.165) is 31.9 Å². The molecule has 1 unspecified atom stereocenters. The van der Waals surface area contributed by atoms with Crippen LogP contribution >= 0.6 is 0 Å². The molecule has 0 aromatic heterocycles. The molecule has 24 heavy (non-hydrogen) atoms. The number of aryl methyl sites for hydroxylation is 1. The normalized spacial score (nSPS) is 16.7. The Morgan fingerprint density at radius 2 is 1.58 bits per heavy atom. The van der Waals surface area contributed by atoms with Crippen LogP contribution in [0.25, 0.3) is 0 Å². The summed E-state index contributed by atoms with van der Waals surface area (Å²) in [6, 6.07) is 18.3. The van der Waals surface area contributed by atoms with Crippen molar-refractivity contribution in [2.75, 3.05) is 36.4 Å². The molecule has 1 saturated heterocycles. The van der Waals surface area contributed by atoms with Gasteiger partial charge in [-0.25, -0.2) is 0 Å². The molecule has 1 aliphatic rings. The van der Waals surface area contributed by atoms with Crippen LogP contribution in [0.1, 0.15) is 12.5 Å². The number of nitrogens with one attached hydrogen (secondary N) is 1. The van der Waals surface area contributed by atoms with Crippen molar-refractivity contribution in [3.63, 3.8) is 0 Å². The molecule has 3 rings (SSSR count). The number of amides is 1. The van der Waals surface area contributed by atoms with Crippen LogP contribution in [0.4, 0.5) is 11.4 Å². The van der Waals surface area contributed by atoms with E-state index < -0.39 is 0 Å². The summed E-state index contributed by atoms with van der Waals surface area (Å²) in [6.07, 6.45) is 0. The third-order valence-corrected chi connectivity index (χ3v) is 4.68. The number of benzene rings is 2. The van der Waals surface area contributed by atoms with Gasteiger partial charge in [0.1, 0.15) is 0 Å². The highest BCUT2D eigenvalue weighted by atomic mass is 16.2. The van der Waals surface area contributed by atoms with Crippen molar-refractivity contribution < 1.29 is 4.79 Å². The van der Waals surface area contributed by atoms with Crippen molar-refractivity contribution in [3.05, 3.63) is 60.2 Å². The Labute approximate surface area is 144 Å². The van der Waals surface area contributed by atoms with Gasteiger partial charge >= 0.3 is 0 Å². The largest absolute Gasteiger partial charge is 0.369 e. The van der Waals surface area contributed by atoms with Crippen LogP contribution in [0, 0.1) is 6.92 Å².